The summed E-state index contributed by atoms with van der Waals surface area (Å²) < 4.78 is 0. The average molecular weight is 335 g/mol. The van der Waals surface area contributed by atoms with Gasteiger partial charge >= 0.3 is 0 Å². The molecule has 23 heavy (non-hydrogen) atoms. The van der Waals surface area contributed by atoms with E-state index in [0.717, 1.165) is 37.6 Å². The molecule has 0 aliphatic carbocycles. The van der Waals surface area contributed by atoms with Gasteiger partial charge in [-0.25, -0.2) is 0 Å². The summed E-state index contributed by atoms with van der Waals surface area (Å²) in [7, 11) is 0. The minimum Gasteiger partial charge on any atom is -0.352 e. The summed E-state index contributed by atoms with van der Waals surface area (Å²) in [6, 6.07) is 3.93. The lowest BCUT2D eigenvalue weighted by Crippen LogP contribution is -2.49. The highest BCUT2D eigenvalue weighted by atomic mass is 32.1. The van der Waals surface area contributed by atoms with Crippen LogP contribution in [0.3, 0.4) is 0 Å². The van der Waals surface area contributed by atoms with Crippen LogP contribution >= 0.6 is 11.3 Å². The standard InChI is InChI=1S/C17H25N3O2S/c1-3-19-8-10-20(11-9-19)16(21)6-7-18-17(22)14(2)13-15-5-4-12-23-15/h4-5,12-13H,3,6-11H2,1-2H3,(H,18,22)/b14-13+. The van der Waals surface area contributed by atoms with Crippen LogP contribution in [0.5, 0.6) is 0 Å². The Kier molecular flexibility index (Phi) is 6.80. The summed E-state index contributed by atoms with van der Waals surface area (Å²) in [4.78, 5) is 29.4. The first-order valence-corrected chi connectivity index (χ1v) is 8.98. The number of carbonyl (C=O) groups excluding carboxylic acids is 2. The van der Waals surface area contributed by atoms with Crippen molar-refractivity contribution >= 4 is 29.2 Å². The molecule has 1 aliphatic rings. The van der Waals surface area contributed by atoms with E-state index in [4.69, 9.17) is 0 Å². The van der Waals surface area contributed by atoms with Crippen LogP contribution in [0.15, 0.2) is 23.1 Å². The molecule has 0 atom stereocenters. The molecular formula is C17H25N3O2S. The van der Waals surface area contributed by atoms with Crippen LogP contribution in [0, 0.1) is 0 Å². The Bertz CT molecular complexity index is 546. The van der Waals surface area contributed by atoms with Gasteiger partial charge in [-0.15, -0.1) is 11.3 Å². The van der Waals surface area contributed by atoms with E-state index >= 15 is 0 Å². The zero-order valence-corrected chi connectivity index (χ0v) is 14.7. The Morgan fingerprint density at radius 2 is 2.04 bits per heavy atom. The van der Waals surface area contributed by atoms with Crippen molar-refractivity contribution in [3.63, 3.8) is 0 Å². The molecule has 2 rings (SSSR count). The molecule has 1 aromatic rings. The maximum absolute atomic E-state index is 12.1. The highest BCUT2D eigenvalue weighted by Crippen LogP contribution is 2.13. The zero-order chi connectivity index (χ0) is 16.7. The van der Waals surface area contributed by atoms with Crippen molar-refractivity contribution in [1.29, 1.82) is 0 Å². The molecule has 5 nitrogen and oxygen atoms in total. The normalized spacial score (nSPS) is 16.4. The first-order chi connectivity index (χ1) is 11.1. The third-order valence-corrected chi connectivity index (χ3v) is 4.88. The van der Waals surface area contributed by atoms with Crippen molar-refractivity contribution in [2.45, 2.75) is 20.3 Å². The fourth-order valence-electron chi connectivity index (χ4n) is 2.55. The van der Waals surface area contributed by atoms with Crippen molar-refractivity contribution in [3.8, 4) is 0 Å². The van der Waals surface area contributed by atoms with Crippen LogP contribution < -0.4 is 5.32 Å². The van der Waals surface area contributed by atoms with E-state index in [1.54, 1.807) is 18.3 Å². The van der Waals surface area contributed by atoms with Crippen LogP contribution in [0.4, 0.5) is 0 Å². The summed E-state index contributed by atoms with van der Waals surface area (Å²) >= 11 is 1.60. The number of nitrogens with one attached hydrogen (secondary N) is 1. The minimum absolute atomic E-state index is 0.109. The molecule has 1 saturated heterocycles. The van der Waals surface area contributed by atoms with E-state index in [1.165, 1.54) is 0 Å². The van der Waals surface area contributed by atoms with Gasteiger partial charge in [0.2, 0.25) is 11.8 Å². The molecule has 1 aliphatic heterocycles. The fourth-order valence-corrected chi connectivity index (χ4v) is 3.26. The molecule has 1 aromatic heterocycles. The van der Waals surface area contributed by atoms with Gasteiger partial charge in [0.1, 0.15) is 0 Å². The predicted molar refractivity (Wildman–Crippen MR) is 94.3 cm³/mol. The number of piperazine rings is 1. The molecule has 0 spiro atoms. The molecule has 0 aromatic carbocycles. The van der Waals surface area contributed by atoms with Gasteiger partial charge in [0.25, 0.3) is 0 Å². The van der Waals surface area contributed by atoms with Crippen molar-refractivity contribution in [2.24, 2.45) is 0 Å². The molecule has 2 amide bonds. The Morgan fingerprint density at radius 3 is 2.65 bits per heavy atom. The van der Waals surface area contributed by atoms with E-state index in [0.29, 0.717) is 18.5 Å². The van der Waals surface area contributed by atoms with E-state index in [1.807, 2.05) is 28.5 Å². The molecule has 2 heterocycles. The third-order valence-electron chi connectivity index (χ3n) is 4.06. The Hall–Kier alpha value is -1.66. The Labute approximate surface area is 142 Å². The van der Waals surface area contributed by atoms with Crippen LogP contribution in [-0.4, -0.2) is 60.9 Å². The third kappa shape index (κ3) is 5.48. The lowest BCUT2D eigenvalue weighted by molar-refractivity contribution is -0.132. The summed E-state index contributed by atoms with van der Waals surface area (Å²) in [5.74, 6) is 0.0166. The van der Waals surface area contributed by atoms with E-state index < -0.39 is 0 Å². The highest BCUT2D eigenvalue weighted by molar-refractivity contribution is 7.10. The second-order valence-corrected chi connectivity index (χ2v) is 6.64. The molecule has 0 bridgehead atoms. The van der Waals surface area contributed by atoms with Crippen molar-refractivity contribution in [2.75, 3.05) is 39.3 Å². The van der Waals surface area contributed by atoms with Crippen molar-refractivity contribution < 1.29 is 9.59 Å². The molecule has 0 unspecified atom stereocenters. The summed E-state index contributed by atoms with van der Waals surface area (Å²) in [6.07, 6.45) is 2.23. The van der Waals surface area contributed by atoms with Crippen LogP contribution in [0.1, 0.15) is 25.1 Å². The van der Waals surface area contributed by atoms with Gasteiger partial charge in [-0.05, 0) is 31.0 Å². The smallest absolute Gasteiger partial charge is 0.246 e. The molecule has 0 saturated carbocycles. The summed E-state index contributed by atoms with van der Waals surface area (Å²) in [6.45, 7) is 8.82. The van der Waals surface area contributed by atoms with E-state index in [-0.39, 0.29) is 11.8 Å². The van der Waals surface area contributed by atoms with E-state index in [9.17, 15) is 9.59 Å². The highest BCUT2D eigenvalue weighted by Gasteiger charge is 2.19. The number of hydrogen-bond donors (Lipinski definition) is 1. The number of rotatable bonds is 6. The van der Waals surface area contributed by atoms with Gasteiger partial charge in [0, 0.05) is 49.6 Å². The molecule has 0 radical (unpaired) electrons. The number of nitrogens with zero attached hydrogens (tertiary/aromatic N) is 2. The fraction of sp³-hybridized carbons (Fsp3) is 0.529. The van der Waals surface area contributed by atoms with Crippen molar-refractivity contribution in [3.05, 3.63) is 28.0 Å². The minimum atomic E-state index is -0.109. The van der Waals surface area contributed by atoms with Gasteiger partial charge in [0.15, 0.2) is 0 Å². The quantitative estimate of drug-likeness (QED) is 0.807. The van der Waals surface area contributed by atoms with Crippen LogP contribution in [-0.2, 0) is 9.59 Å². The Morgan fingerprint density at radius 1 is 1.30 bits per heavy atom. The average Bonchev–Trinajstić information content (AvgIpc) is 3.07. The molecule has 6 heteroatoms. The summed E-state index contributed by atoms with van der Waals surface area (Å²) in [5, 5.41) is 4.80. The topological polar surface area (TPSA) is 52.6 Å². The first-order valence-electron chi connectivity index (χ1n) is 8.10. The Balaban J connectivity index is 1.70. The van der Waals surface area contributed by atoms with Crippen LogP contribution in [0.2, 0.25) is 0 Å². The summed E-state index contributed by atoms with van der Waals surface area (Å²) in [5.41, 5.74) is 0.663. The molecule has 126 valence electrons. The van der Waals surface area contributed by atoms with Crippen molar-refractivity contribution in [1.82, 2.24) is 15.1 Å². The van der Waals surface area contributed by atoms with Gasteiger partial charge in [-0.2, -0.15) is 0 Å². The number of thiophene rings is 1. The number of amides is 2. The maximum Gasteiger partial charge on any atom is 0.246 e. The predicted octanol–water partition coefficient (Wildman–Crippen LogP) is 1.82. The second-order valence-electron chi connectivity index (χ2n) is 5.66. The zero-order valence-electron chi connectivity index (χ0n) is 13.9. The SMILES string of the molecule is CCN1CCN(C(=O)CCNC(=O)/C(C)=C/c2cccs2)CC1. The first kappa shape index (κ1) is 17.7. The number of hydrogen-bond acceptors (Lipinski definition) is 4. The molecule has 1 fully saturated rings. The second kappa shape index (κ2) is 8.84. The van der Waals surface area contributed by atoms with Gasteiger partial charge in [-0.1, -0.05) is 13.0 Å². The monoisotopic (exact) mass is 335 g/mol. The largest absolute Gasteiger partial charge is 0.352 e. The van der Waals surface area contributed by atoms with Crippen LogP contribution in [0.25, 0.3) is 6.08 Å². The van der Waals surface area contributed by atoms with Gasteiger partial charge < -0.3 is 15.1 Å². The van der Waals surface area contributed by atoms with E-state index in [2.05, 4.69) is 17.1 Å². The number of likely N-dealkylation sites (N-methyl/N-ethyl adjacent to an activating group) is 1. The number of carbonyl (C=O) groups is 2. The molecule has 1 N–H and O–H groups in total. The van der Waals surface area contributed by atoms with Gasteiger partial charge in [-0.3, -0.25) is 9.59 Å². The maximum atomic E-state index is 12.1. The lowest BCUT2D eigenvalue weighted by atomic mass is 10.2. The van der Waals surface area contributed by atoms with Gasteiger partial charge in [0.05, 0.1) is 0 Å². The molecular weight excluding hydrogens is 310 g/mol. The lowest BCUT2D eigenvalue weighted by Gasteiger charge is -2.34.